The van der Waals surface area contributed by atoms with Crippen molar-refractivity contribution in [1.82, 2.24) is 63.1 Å². The summed E-state index contributed by atoms with van der Waals surface area (Å²) in [6.07, 6.45) is 5.63. The molecule has 0 aliphatic rings. The summed E-state index contributed by atoms with van der Waals surface area (Å²) in [6.45, 7) is 5.79. The van der Waals surface area contributed by atoms with Gasteiger partial charge in [0.1, 0.15) is 23.7 Å². The van der Waals surface area contributed by atoms with E-state index >= 15 is 0 Å². The fraction of sp³-hybridized carbons (Fsp3) is 0.543. The van der Waals surface area contributed by atoms with Crippen molar-refractivity contribution in [2.24, 2.45) is 0 Å². The van der Waals surface area contributed by atoms with Crippen LogP contribution in [0.1, 0.15) is 113 Å². The largest absolute Gasteiger partial charge is 0.481 e. The second kappa shape index (κ2) is 55.9. The third kappa shape index (κ3) is 44.5. The van der Waals surface area contributed by atoms with E-state index in [0.29, 0.717) is 87.5 Å². The van der Waals surface area contributed by atoms with Gasteiger partial charge in [-0.1, -0.05) is 58.5 Å². The highest BCUT2D eigenvalue weighted by atomic mass is 35.5. The van der Waals surface area contributed by atoms with Gasteiger partial charge >= 0.3 is 24.0 Å². The van der Waals surface area contributed by atoms with E-state index < -0.39 is 84.4 Å². The molecule has 2 aromatic heterocycles. The third-order valence-electron chi connectivity index (χ3n) is 15.1. The predicted molar refractivity (Wildman–Crippen MR) is 398 cm³/mol. The molecule has 0 radical (unpaired) electrons. The van der Waals surface area contributed by atoms with Crippen molar-refractivity contribution in [3.8, 4) is 0 Å². The quantitative estimate of drug-likeness (QED) is 0.0230. The van der Waals surface area contributed by atoms with Crippen molar-refractivity contribution in [2.75, 3.05) is 142 Å². The average molecular weight is 1570 g/mol. The van der Waals surface area contributed by atoms with Gasteiger partial charge in [0.15, 0.2) is 0 Å². The topological polar surface area (TPSA) is 437 Å². The van der Waals surface area contributed by atoms with Crippen LogP contribution in [-0.4, -0.2) is 223 Å². The van der Waals surface area contributed by atoms with Crippen molar-refractivity contribution < 1.29 is 86.6 Å². The Morgan fingerprint density at radius 1 is 0.358 bits per heavy atom. The Bertz CT molecular complexity index is 3020. The molecule has 4 aromatic rings. The monoisotopic (exact) mass is 1560 g/mol. The lowest BCUT2D eigenvalue weighted by atomic mass is 10.0. The zero-order valence-electron chi connectivity index (χ0n) is 59.3. The molecule has 0 aliphatic carbocycles. The van der Waals surface area contributed by atoms with Gasteiger partial charge in [-0.2, -0.15) is 0 Å². The van der Waals surface area contributed by atoms with E-state index in [9.17, 15) is 58.2 Å². The number of amides is 10. The Labute approximate surface area is 636 Å². The summed E-state index contributed by atoms with van der Waals surface area (Å²) in [5.41, 5.74) is 0.706. The van der Waals surface area contributed by atoms with E-state index in [-0.39, 0.29) is 176 Å². The summed E-state index contributed by atoms with van der Waals surface area (Å²) in [5, 5.41) is 53.7. The molecule has 106 heavy (non-hydrogen) atoms. The minimum atomic E-state index is -1.20. The summed E-state index contributed by atoms with van der Waals surface area (Å²) in [5.74, 6) is -3.98. The van der Waals surface area contributed by atoms with Crippen LogP contribution in [-0.2, 0) is 66.8 Å². The first-order valence-electron chi connectivity index (χ1n) is 35.1. The zero-order chi connectivity index (χ0) is 76.8. The lowest BCUT2D eigenvalue weighted by molar-refractivity contribution is -0.139. The number of anilines is 2. The first kappa shape index (κ1) is 90.0. The number of halogens is 4. The summed E-state index contributed by atoms with van der Waals surface area (Å²) in [6, 6.07) is 14.7. The van der Waals surface area contributed by atoms with Gasteiger partial charge in [-0.05, 0) is 123 Å². The van der Waals surface area contributed by atoms with Crippen molar-refractivity contribution in [1.29, 1.82) is 0 Å². The molecule has 0 saturated heterocycles. The maximum Gasteiger partial charge on any atom is 0.314 e. The smallest absolute Gasteiger partial charge is 0.314 e. The first-order valence-corrected chi connectivity index (χ1v) is 36.6. The van der Waals surface area contributed by atoms with Crippen LogP contribution in [0.3, 0.4) is 0 Å². The minimum Gasteiger partial charge on any atom is -0.481 e. The Morgan fingerprint density at radius 3 is 1.01 bits per heavy atom. The molecule has 0 fully saturated rings. The summed E-state index contributed by atoms with van der Waals surface area (Å²) in [7, 11) is 0. The van der Waals surface area contributed by atoms with Crippen LogP contribution in [0.4, 0.5) is 21.2 Å². The Morgan fingerprint density at radius 2 is 0.679 bits per heavy atom. The molecule has 4 rings (SSSR count). The molecule has 0 saturated carbocycles. The fourth-order valence-corrected chi connectivity index (χ4v) is 10.9. The number of carbonyl (C=O) groups is 10. The van der Waals surface area contributed by atoms with Crippen LogP contribution in [0.5, 0.6) is 0 Å². The first-order chi connectivity index (χ1) is 51.2. The lowest BCUT2D eigenvalue weighted by Gasteiger charge is -2.23. The minimum absolute atomic E-state index is 0.0809. The SMILES string of the molecule is O=C(O)CC(NC(=O)[C@H](CCC(=O)NCCOCCOCCOCCNC(=O)NCCCCNC(=O)NCCOCCOCCOCCNC(=O)CC[C@H](NC(=O)CCCCNc1ccccn1)C(=O)NC(CC(=O)O)c1cc(Cl)cc(Cl)c1)NC(=O)CCCCNc1ccccn1)c1cc(Cl)cc(Cl)c1. The molecule has 4 atom stereocenters. The lowest BCUT2D eigenvalue weighted by Crippen LogP contribution is -2.48. The van der Waals surface area contributed by atoms with Gasteiger partial charge in [-0.25, -0.2) is 19.6 Å². The third-order valence-corrected chi connectivity index (χ3v) is 15.9. The van der Waals surface area contributed by atoms with Crippen LogP contribution >= 0.6 is 46.4 Å². The number of pyridine rings is 2. The number of aromatic nitrogens is 2. The molecular formula is C70H100Cl4N14O18. The van der Waals surface area contributed by atoms with Crippen LogP contribution in [0.15, 0.2) is 85.2 Å². The van der Waals surface area contributed by atoms with Crippen LogP contribution < -0.4 is 63.8 Å². The van der Waals surface area contributed by atoms with Crippen LogP contribution in [0.25, 0.3) is 0 Å². The molecule has 586 valence electrons. The average Bonchev–Trinajstić information content (AvgIpc) is 0.849. The second-order valence-electron chi connectivity index (χ2n) is 23.7. The number of nitrogens with one attached hydrogen (secondary N) is 12. The highest BCUT2D eigenvalue weighted by Crippen LogP contribution is 2.28. The molecule has 14 N–H and O–H groups in total. The van der Waals surface area contributed by atoms with E-state index in [2.05, 4.69) is 73.8 Å². The number of unbranched alkanes of at least 4 members (excludes halogenated alkanes) is 3. The van der Waals surface area contributed by atoms with Gasteiger partial charge in [0, 0.05) is 111 Å². The molecule has 0 aliphatic heterocycles. The van der Waals surface area contributed by atoms with Crippen molar-refractivity contribution in [3.63, 3.8) is 0 Å². The predicted octanol–water partition coefficient (Wildman–Crippen LogP) is 5.86. The molecule has 36 heteroatoms. The standard InChI is InChI=1S/C70H100Cl4N14O18/c71-51-41-49(42-52(72)45-51)57(47-65(93)94)87-67(97)55(85-63(91)13-3-7-21-77-59-11-1-5-19-75-59)15-17-61(89)79-25-29-101-33-37-105-39-35-103-31-27-83-69(99)81-23-9-10-24-82-70(100)84-28-32-104-36-40-106-38-34-102-30-26-80-62(90)18-16-56(86-64(92)14-4-8-22-78-60-12-2-6-20-76-60)68(98)88-58(48-66(95)96)50-43-53(73)46-54(74)44-50/h1-2,5-6,11-12,19-20,41-46,55-58H,3-4,7-10,13-18,21-40,47-48H2,(H,75,77)(H,76,78)(H,79,89)(H,80,90)(H,85,91)(H,86,92)(H,87,97)(H,88,98)(H,93,94)(H,95,96)(H2,81,83,99)(H2,82,84,100)/t55-,56-,57?,58?/m0/s1. The number of carboxylic acids is 2. The molecule has 2 unspecified atom stereocenters. The van der Waals surface area contributed by atoms with Gasteiger partial charge in [0.25, 0.3) is 0 Å². The molecular weight excluding hydrogens is 1470 g/mol. The number of hydrogen-bond donors (Lipinski definition) is 14. The maximum atomic E-state index is 13.6. The molecule has 10 amide bonds. The molecule has 32 nitrogen and oxygen atoms in total. The number of aliphatic carboxylic acids is 2. The summed E-state index contributed by atoms with van der Waals surface area (Å²) < 4.78 is 33.1. The summed E-state index contributed by atoms with van der Waals surface area (Å²) in [4.78, 5) is 135. The Hall–Kier alpha value is -8.44. The van der Waals surface area contributed by atoms with E-state index in [1.807, 2.05) is 24.3 Å². The van der Waals surface area contributed by atoms with E-state index in [1.165, 1.54) is 36.4 Å². The maximum absolute atomic E-state index is 13.6. The van der Waals surface area contributed by atoms with Crippen LogP contribution in [0, 0.1) is 0 Å². The summed E-state index contributed by atoms with van der Waals surface area (Å²) >= 11 is 24.7. The van der Waals surface area contributed by atoms with Gasteiger partial charge in [0.2, 0.25) is 35.4 Å². The van der Waals surface area contributed by atoms with Crippen LogP contribution in [0.2, 0.25) is 20.1 Å². The Kier molecular flexibility index (Phi) is 47.5. The normalized spacial score (nSPS) is 12.1. The molecule has 2 heterocycles. The highest BCUT2D eigenvalue weighted by molar-refractivity contribution is 6.35. The van der Waals surface area contributed by atoms with Crippen molar-refractivity contribution in [2.45, 2.75) is 114 Å². The highest BCUT2D eigenvalue weighted by Gasteiger charge is 2.29. The zero-order valence-corrected chi connectivity index (χ0v) is 62.3. The number of carboxylic acid groups (broad SMARTS) is 2. The van der Waals surface area contributed by atoms with Crippen molar-refractivity contribution in [3.05, 3.63) is 116 Å². The van der Waals surface area contributed by atoms with Gasteiger partial charge in [-0.15, -0.1) is 0 Å². The number of rotatable bonds is 59. The number of hydrogen-bond acceptors (Lipinski definition) is 20. The molecule has 0 bridgehead atoms. The fourth-order valence-electron chi connectivity index (χ4n) is 9.80. The number of benzene rings is 2. The second-order valence-corrected chi connectivity index (χ2v) is 25.4. The number of nitrogens with zero attached hydrogens (tertiary/aromatic N) is 2. The molecule has 0 spiro atoms. The number of urea groups is 2. The van der Waals surface area contributed by atoms with E-state index in [0.717, 1.165) is 0 Å². The van der Waals surface area contributed by atoms with Gasteiger partial charge in [-0.3, -0.25) is 38.4 Å². The van der Waals surface area contributed by atoms with Gasteiger partial charge < -0.3 is 102 Å². The van der Waals surface area contributed by atoms with Crippen molar-refractivity contribution >= 4 is 117 Å². The van der Waals surface area contributed by atoms with E-state index in [4.69, 9.17) is 74.8 Å². The number of carbonyl (C=O) groups excluding carboxylic acids is 8. The van der Waals surface area contributed by atoms with Gasteiger partial charge in [0.05, 0.1) is 104 Å². The molecule has 2 aromatic carbocycles. The number of ether oxygens (including phenoxy) is 6. The Balaban J connectivity index is 0.934. The van der Waals surface area contributed by atoms with E-state index in [1.54, 1.807) is 24.5 Å².